The van der Waals surface area contributed by atoms with Crippen LogP contribution in [0, 0.1) is 0 Å². The van der Waals surface area contributed by atoms with E-state index >= 15 is 0 Å². The van der Waals surface area contributed by atoms with Crippen LogP contribution in [0.4, 0.5) is 4.79 Å². The number of benzene rings is 1. The van der Waals surface area contributed by atoms with Crippen LogP contribution in [-0.4, -0.2) is 25.5 Å². The molecule has 2 amide bonds. The fraction of sp³-hybridized carbons (Fsp3) is 0.429. The first-order chi connectivity index (χ1) is 10.2. The average molecular weight is 292 g/mol. The van der Waals surface area contributed by atoms with Gasteiger partial charge in [0, 0.05) is 0 Å². The Labute approximate surface area is 123 Å². The Bertz CT molecular complexity index is 513. The number of hydrogen-bond donors (Lipinski definition) is 3. The van der Waals surface area contributed by atoms with Crippen molar-refractivity contribution < 1.29 is 14.3 Å². The van der Waals surface area contributed by atoms with Gasteiger partial charge in [-0.25, -0.2) is 16.1 Å². The highest BCUT2D eigenvalue weighted by Crippen LogP contribution is 2.32. The highest BCUT2D eigenvalue weighted by molar-refractivity contribution is 5.82. The highest BCUT2D eigenvalue weighted by Gasteiger charge is 2.18. The van der Waals surface area contributed by atoms with Gasteiger partial charge >= 0.3 is 6.03 Å². The molecular formula is C14H20N4O3. The molecule has 2 rings (SSSR count). The van der Waals surface area contributed by atoms with Crippen molar-refractivity contribution in [1.82, 2.24) is 10.9 Å². The molecule has 0 bridgehead atoms. The Morgan fingerprint density at radius 2 is 2.14 bits per heavy atom. The first kappa shape index (κ1) is 15.1. The molecule has 0 radical (unpaired) electrons. The van der Waals surface area contributed by atoms with Gasteiger partial charge in [0.15, 0.2) is 11.5 Å². The van der Waals surface area contributed by atoms with Crippen LogP contribution in [-0.2, 0) is 0 Å². The van der Waals surface area contributed by atoms with Gasteiger partial charge in [0.1, 0.15) is 0 Å². The third-order valence-electron chi connectivity index (χ3n) is 3.29. The molecular weight excluding hydrogens is 272 g/mol. The molecule has 1 fully saturated rings. The number of hydrazine groups is 1. The number of carbonyl (C=O) groups excluding carboxylic acids is 1. The third kappa shape index (κ3) is 4.35. The van der Waals surface area contributed by atoms with Crippen LogP contribution >= 0.6 is 0 Å². The summed E-state index contributed by atoms with van der Waals surface area (Å²) in [4.78, 5) is 10.9. The van der Waals surface area contributed by atoms with Crippen molar-refractivity contribution in [2.45, 2.75) is 31.8 Å². The molecule has 1 saturated carbocycles. The zero-order chi connectivity index (χ0) is 15.1. The smallest absolute Gasteiger partial charge is 0.349 e. The largest absolute Gasteiger partial charge is 0.493 e. The van der Waals surface area contributed by atoms with E-state index < -0.39 is 6.03 Å². The number of nitrogens with zero attached hydrogens (tertiary/aromatic N) is 1. The first-order valence-corrected chi connectivity index (χ1v) is 6.87. The van der Waals surface area contributed by atoms with Gasteiger partial charge in [-0.3, -0.25) is 5.43 Å². The van der Waals surface area contributed by atoms with Gasteiger partial charge in [-0.05, 0) is 49.4 Å². The fourth-order valence-electron chi connectivity index (χ4n) is 2.25. The summed E-state index contributed by atoms with van der Waals surface area (Å²) in [6.45, 7) is 0. The van der Waals surface area contributed by atoms with Crippen LogP contribution in [0.5, 0.6) is 11.5 Å². The van der Waals surface area contributed by atoms with Crippen LogP contribution in [0.3, 0.4) is 0 Å². The van der Waals surface area contributed by atoms with Gasteiger partial charge in [-0.2, -0.15) is 5.10 Å². The number of ether oxygens (including phenoxy) is 2. The fourth-order valence-corrected chi connectivity index (χ4v) is 2.25. The zero-order valence-corrected chi connectivity index (χ0v) is 12.0. The normalized spacial score (nSPS) is 15.1. The maximum atomic E-state index is 10.9. The van der Waals surface area contributed by atoms with Crippen molar-refractivity contribution in [3.63, 3.8) is 0 Å². The summed E-state index contributed by atoms with van der Waals surface area (Å²) >= 11 is 0. The summed E-state index contributed by atoms with van der Waals surface area (Å²) in [5.74, 6) is 6.31. The maximum absolute atomic E-state index is 10.9. The SMILES string of the molecule is COc1ccc(C=NNC(=O)NN)cc1OC1CCCC1. The minimum Gasteiger partial charge on any atom is -0.493 e. The minimum atomic E-state index is -0.581. The Morgan fingerprint density at radius 3 is 2.81 bits per heavy atom. The highest BCUT2D eigenvalue weighted by atomic mass is 16.5. The lowest BCUT2D eigenvalue weighted by Gasteiger charge is -2.16. The molecule has 0 aliphatic heterocycles. The number of amides is 2. The van der Waals surface area contributed by atoms with Crippen molar-refractivity contribution in [3.8, 4) is 11.5 Å². The number of methoxy groups -OCH3 is 1. The van der Waals surface area contributed by atoms with Crippen LogP contribution < -0.4 is 26.2 Å². The molecule has 114 valence electrons. The standard InChI is InChI=1S/C14H20N4O3/c1-20-12-7-6-10(9-16-18-14(19)17-15)8-13(12)21-11-4-2-3-5-11/h6-9,11H,2-5,15H2,1H3,(H2,17,18,19). The molecule has 0 saturated heterocycles. The maximum Gasteiger partial charge on any atom is 0.349 e. The predicted molar refractivity (Wildman–Crippen MR) is 79.3 cm³/mol. The minimum absolute atomic E-state index is 0.243. The van der Waals surface area contributed by atoms with E-state index in [0.717, 1.165) is 18.4 Å². The second kappa shape index (κ2) is 7.49. The van der Waals surface area contributed by atoms with Crippen LogP contribution in [0.2, 0.25) is 0 Å². The molecule has 0 spiro atoms. The van der Waals surface area contributed by atoms with E-state index in [-0.39, 0.29) is 6.10 Å². The summed E-state index contributed by atoms with van der Waals surface area (Å²) in [6.07, 6.45) is 6.29. The van der Waals surface area contributed by atoms with Gasteiger partial charge in [0.2, 0.25) is 0 Å². The van der Waals surface area contributed by atoms with E-state index in [4.69, 9.17) is 15.3 Å². The first-order valence-electron chi connectivity index (χ1n) is 6.87. The molecule has 1 aromatic carbocycles. The second-order valence-electron chi connectivity index (χ2n) is 4.78. The average Bonchev–Trinajstić information content (AvgIpc) is 3.00. The summed E-state index contributed by atoms with van der Waals surface area (Å²) in [6, 6.07) is 4.89. The topological polar surface area (TPSA) is 98.0 Å². The summed E-state index contributed by atoms with van der Waals surface area (Å²) in [5, 5.41) is 3.78. The predicted octanol–water partition coefficient (Wildman–Crippen LogP) is 1.52. The Balaban J connectivity index is 2.07. The van der Waals surface area contributed by atoms with Gasteiger partial charge in [0.25, 0.3) is 0 Å². The van der Waals surface area contributed by atoms with E-state index in [0.29, 0.717) is 11.5 Å². The van der Waals surface area contributed by atoms with Crippen LogP contribution in [0.15, 0.2) is 23.3 Å². The number of nitrogens with two attached hydrogens (primary N) is 1. The Morgan fingerprint density at radius 1 is 1.38 bits per heavy atom. The molecule has 1 aliphatic carbocycles. The molecule has 21 heavy (non-hydrogen) atoms. The van der Waals surface area contributed by atoms with Gasteiger partial charge < -0.3 is 9.47 Å². The molecule has 0 atom stereocenters. The van der Waals surface area contributed by atoms with E-state index in [1.165, 1.54) is 19.1 Å². The Kier molecular flexibility index (Phi) is 5.39. The summed E-state index contributed by atoms with van der Waals surface area (Å²) < 4.78 is 11.3. The lowest BCUT2D eigenvalue weighted by molar-refractivity contribution is 0.201. The van der Waals surface area contributed by atoms with E-state index in [9.17, 15) is 4.79 Å². The summed E-state index contributed by atoms with van der Waals surface area (Å²) in [5.41, 5.74) is 4.94. The van der Waals surface area contributed by atoms with E-state index in [2.05, 4.69) is 10.5 Å². The van der Waals surface area contributed by atoms with Crippen LogP contribution in [0.1, 0.15) is 31.2 Å². The quantitative estimate of drug-likeness (QED) is 0.332. The van der Waals surface area contributed by atoms with Gasteiger partial charge in [0.05, 0.1) is 19.4 Å². The lowest BCUT2D eigenvalue weighted by Crippen LogP contribution is -2.37. The van der Waals surface area contributed by atoms with Crippen molar-refractivity contribution >= 4 is 12.2 Å². The molecule has 1 aromatic rings. The molecule has 0 aromatic heterocycles. The molecule has 7 nitrogen and oxygen atoms in total. The molecule has 0 heterocycles. The number of hydrazone groups is 1. The molecule has 1 aliphatic rings. The third-order valence-corrected chi connectivity index (χ3v) is 3.29. The van der Waals surface area contributed by atoms with Crippen molar-refractivity contribution in [2.75, 3.05) is 7.11 Å². The number of urea groups is 1. The number of rotatable bonds is 5. The monoisotopic (exact) mass is 292 g/mol. The molecule has 0 unspecified atom stereocenters. The Hall–Kier alpha value is -2.28. The van der Waals surface area contributed by atoms with Crippen LogP contribution in [0.25, 0.3) is 0 Å². The number of hydrogen-bond acceptors (Lipinski definition) is 5. The van der Waals surface area contributed by atoms with Crippen molar-refractivity contribution in [2.24, 2.45) is 10.9 Å². The van der Waals surface area contributed by atoms with Crippen molar-refractivity contribution in [3.05, 3.63) is 23.8 Å². The van der Waals surface area contributed by atoms with Crippen molar-refractivity contribution in [1.29, 1.82) is 0 Å². The molecule has 7 heteroatoms. The van der Waals surface area contributed by atoms with E-state index in [1.54, 1.807) is 7.11 Å². The second-order valence-corrected chi connectivity index (χ2v) is 4.78. The van der Waals surface area contributed by atoms with Gasteiger partial charge in [-0.15, -0.1) is 0 Å². The summed E-state index contributed by atoms with van der Waals surface area (Å²) in [7, 11) is 1.61. The zero-order valence-electron chi connectivity index (χ0n) is 12.0. The lowest BCUT2D eigenvalue weighted by atomic mass is 10.2. The number of carbonyl (C=O) groups is 1. The van der Waals surface area contributed by atoms with E-state index in [1.807, 2.05) is 23.6 Å². The van der Waals surface area contributed by atoms with Gasteiger partial charge in [-0.1, -0.05) is 0 Å². The molecule has 4 N–H and O–H groups in total. The number of nitrogens with one attached hydrogen (secondary N) is 2.